The molecular formula is C20H26F3NO2. The van der Waals surface area contributed by atoms with Gasteiger partial charge >= 0.3 is 12.3 Å². The number of rotatable bonds is 3. The van der Waals surface area contributed by atoms with Gasteiger partial charge in [0.2, 0.25) is 0 Å². The summed E-state index contributed by atoms with van der Waals surface area (Å²) in [6.07, 6.45) is 1.92. The molecule has 0 aromatic heterocycles. The molecule has 1 aliphatic heterocycles. The molecule has 1 amide bonds. The average Bonchev–Trinajstić information content (AvgIpc) is 2.53. The molecule has 26 heavy (non-hydrogen) atoms. The fraction of sp³-hybridized carbons (Fsp3) is 0.550. The summed E-state index contributed by atoms with van der Waals surface area (Å²) in [4.78, 5) is 13.8. The Hall–Kier alpha value is -1.98. The first-order chi connectivity index (χ1) is 12.0. The summed E-state index contributed by atoms with van der Waals surface area (Å²) >= 11 is 0. The Morgan fingerprint density at radius 2 is 1.73 bits per heavy atom. The van der Waals surface area contributed by atoms with E-state index in [1.165, 1.54) is 12.1 Å². The molecule has 1 heterocycles. The number of likely N-dealkylation sites (tertiary alicyclic amines) is 1. The van der Waals surface area contributed by atoms with Crippen molar-refractivity contribution in [3.05, 3.63) is 41.5 Å². The van der Waals surface area contributed by atoms with Crippen LogP contribution >= 0.6 is 0 Å². The predicted octanol–water partition coefficient (Wildman–Crippen LogP) is 5.76. The van der Waals surface area contributed by atoms with Gasteiger partial charge in [0.25, 0.3) is 0 Å². The Kier molecular flexibility index (Phi) is 6.37. The highest BCUT2D eigenvalue weighted by molar-refractivity contribution is 5.68. The van der Waals surface area contributed by atoms with E-state index in [-0.39, 0.29) is 6.09 Å². The van der Waals surface area contributed by atoms with Gasteiger partial charge in [-0.1, -0.05) is 24.3 Å². The zero-order chi connectivity index (χ0) is 19.4. The number of hydrogen-bond acceptors (Lipinski definition) is 2. The number of ether oxygens (including phenoxy) is 1. The van der Waals surface area contributed by atoms with Crippen molar-refractivity contribution in [1.82, 2.24) is 4.90 Å². The van der Waals surface area contributed by atoms with E-state index in [0.717, 1.165) is 37.0 Å². The van der Waals surface area contributed by atoms with Gasteiger partial charge in [0.15, 0.2) is 0 Å². The molecule has 0 atom stereocenters. The largest absolute Gasteiger partial charge is 0.444 e. The zero-order valence-electron chi connectivity index (χ0n) is 15.5. The van der Waals surface area contributed by atoms with Crippen molar-refractivity contribution < 1.29 is 22.7 Å². The van der Waals surface area contributed by atoms with E-state index in [4.69, 9.17) is 4.74 Å². The highest BCUT2D eigenvalue weighted by Crippen LogP contribution is 2.29. The predicted molar refractivity (Wildman–Crippen MR) is 95.6 cm³/mol. The van der Waals surface area contributed by atoms with Crippen molar-refractivity contribution in [1.29, 1.82) is 0 Å². The van der Waals surface area contributed by atoms with E-state index >= 15 is 0 Å². The van der Waals surface area contributed by atoms with Crippen molar-refractivity contribution >= 4 is 12.2 Å². The second-order valence-corrected chi connectivity index (χ2v) is 7.67. The monoisotopic (exact) mass is 369 g/mol. The minimum absolute atomic E-state index is 0.267. The lowest BCUT2D eigenvalue weighted by Crippen LogP contribution is -2.41. The first-order valence-electron chi connectivity index (χ1n) is 8.86. The van der Waals surface area contributed by atoms with Crippen molar-refractivity contribution in [3.8, 4) is 0 Å². The quantitative estimate of drug-likeness (QED) is 0.678. The number of hydrogen-bond donors (Lipinski definition) is 0. The van der Waals surface area contributed by atoms with Crippen molar-refractivity contribution in [2.45, 2.75) is 51.8 Å². The maximum absolute atomic E-state index is 12.5. The van der Waals surface area contributed by atoms with Crippen molar-refractivity contribution in [3.63, 3.8) is 0 Å². The van der Waals surface area contributed by atoms with E-state index < -0.39 is 17.3 Å². The minimum Gasteiger partial charge on any atom is -0.444 e. The Morgan fingerprint density at radius 3 is 2.23 bits per heavy atom. The van der Waals surface area contributed by atoms with E-state index in [9.17, 15) is 18.0 Å². The fourth-order valence-corrected chi connectivity index (χ4v) is 2.86. The molecule has 1 aromatic carbocycles. The molecule has 1 fully saturated rings. The summed E-state index contributed by atoms with van der Waals surface area (Å²) < 4.78 is 43.0. The molecule has 0 unspecified atom stereocenters. The van der Waals surface area contributed by atoms with Gasteiger partial charge < -0.3 is 9.64 Å². The summed E-state index contributed by atoms with van der Waals surface area (Å²) in [6, 6.07) is 5.15. The molecule has 0 bridgehead atoms. The molecule has 0 aliphatic carbocycles. The number of halogens is 3. The van der Waals surface area contributed by atoms with Gasteiger partial charge in [0.05, 0.1) is 5.56 Å². The lowest BCUT2D eigenvalue weighted by atomic mass is 9.93. The maximum Gasteiger partial charge on any atom is 0.416 e. The van der Waals surface area contributed by atoms with Crippen LogP contribution < -0.4 is 0 Å². The first-order valence-corrected chi connectivity index (χ1v) is 8.86. The molecular weight excluding hydrogens is 343 g/mol. The normalized spacial score (nSPS) is 16.9. The number of nitrogens with zero attached hydrogens (tertiary/aromatic N) is 1. The molecule has 1 aliphatic rings. The smallest absolute Gasteiger partial charge is 0.416 e. The van der Waals surface area contributed by atoms with Crippen LogP contribution in [-0.4, -0.2) is 29.7 Å². The fourth-order valence-electron chi connectivity index (χ4n) is 2.86. The van der Waals surface area contributed by atoms with Crippen LogP contribution in [0.2, 0.25) is 0 Å². The highest BCUT2D eigenvalue weighted by Gasteiger charge is 2.30. The Bertz CT molecular complexity index is 622. The zero-order valence-corrected chi connectivity index (χ0v) is 15.5. The van der Waals surface area contributed by atoms with Crippen molar-refractivity contribution in [2.24, 2.45) is 5.92 Å². The average molecular weight is 369 g/mol. The SMILES string of the molecule is CC(C)(C)OC(=O)N1CCC(C/C=C/c2ccc(C(F)(F)F)cc2)CC1. The molecule has 0 radical (unpaired) electrons. The number of amides is 1. The third-order valence-electron chi connectivity index (χ3n) is 4.28. The van der Waals surface area contributed by atoms with Crippen LogP contribution in [0.3, 0.4) is 0 Å². The van der Waals surface area contributed by atoms with Gasteiger partial charge in [-0.05, 0) is 63.6 Å². The lowest BCUT2D eigenvalue weighted by molar-refractivity contribution is -0.137. The van der Waals surface area contributed by atoms with Crippen LogP contribution in [0.4, 0.5) is 18.0 Å². The molecule has 0 spiro atoms. The molecule has 144 valence electrons. The maximum atomic E-state index is 12.5. The third-order valence-corrected chi connectivity index (χ3v) is 4.28. The molecule has 3 nitrogen and oxygen atoms in total. The minimum atomic E-state index is -4.30. The molecule has 2 rings (SSSR count). The second kappa shape index (κ2) is 8.14. The Balaban J connectivity index is 1.78. The van der Waals surface area contributed by atoms with Gasteiger partial charge in [0.1, 0.15) is 5.60 Å². The lowest BCUT2D eigenvalue weighted by Gasteiger charge is -2.33. The molecule has 0 N–H and O–H groups in total. The summed E-state index contributed by atoms with van der Waals surface area (Å²) in [5.74, 6) is 0.472. The number of carbonyl (C=O) groups is 1. The van der Waals surface area contributed by atoms with E-state index in [0.29, 0.717) is 19.0 Å². The van der Waals surface area contributed by atoms with Crippen LogP contribution in [0, 0.1) is 5.92 Å². The molecule has 1 saturated heterocycles. The van der Waals surface area contributed by atoms with Crippen LogP contribution in [0.15, 0.2) is 30.3 Å². The van der Waals surface area contributed by atoms with E-state index in [2.05, 4.69) is 0 Å². The summed E-state index contributed by atoms with van der Waals surface area (Å²) in [5, 5.41) is 0. The molecule has 1 aromatic rings. The van der Waals surface area contributed by atoms with Gasteiger partial charge in [-0.3, -0.25) is 0 Å². The summed E-state index contributed by atoms with van der Waals surface area (Å²) in [7, 11) is 0. The van der Waals surface area contributed by atoms with Crippen molar-refractivity contribution in [2.75, 3.05) is 13.1 Å². The van der Waals surface area contributed by atoms with Gasteiger partial charge in [-0.15, -0.1) is 0 Å². The Morgan fingerprint density at radius 1 is 1.15 bits per heavy atom. The summed E-state index contributed by atoms with van der Waals surface area (Å²) in [5.41, 5.74) is -0.369. The van der Waals surface area contributed by atoms with Crippen LogP contribution in [0.25, 0.3) is 6.08 Å². The number of alkyl halides is 3. The van der Waals surface area contributed by atoms with E-state index in [1.54, 1.807) is 4.90 Å². The molecule has 6 heteroatoms. The highest BCUT2D eigenvalue weighted by atomic mass is 19.4. The number of allylic oxidation sites excluding steroid dienone is 1. The van der Waals surface area contributed by atoms with Gasteiger partial charge in [0, 0.05) is 13.1 Å². The van der Waals surface area contributed by atoms with Crippen LogP contribution in [0.1, 0.15) is 51.2 Å². The third kappa shape index (κ3) is 6.39. The summed E-state index contributed by atoms with van der Waals surface area (Å²) in [6.45, 7) is 6.90. The topological polar surface area (TPSA) is 29.5 Å². The van der Waals surface area contributed by atoms with Crippen LogP contribution in [0.5, 0.6) is 0 Å². The van der Waals surface area contributed by atoms with Gasteiger partial charge in [-0.2, -0.15) is 13.2 Å². The molecule has 0 saturated carbocycles. The Labute approximate surface area is 152 Å². The second-order valence-electron chi connectivity index (χ2n) is 7.67. The number of piperidine rings is 1. The van der Waals surface area contributed by atoms with E-state index in [1.807, 2.05) is 32.9 Å². The first kappa shape index (κ1) is 20.3. The number of benzene rings is 1. The van der Waals surface area contributed by atoms with Crippen LogP contribution in [-0.2, 0) is 10.9 Å². The number of carbonyl (C=O) groups excluding carboxylic acids is 1. The standard InChI is InChI=1S/C20H26F3NO2/c1-19(2,3)26-18(25)24-13-11-16(12-14-24)6-4-5-15-7-9-17(10-8-15)20(21,22)23/h4-5,7-10,16H,6,11-14H2,1-3H3/b5-4+. The van der Waals surface area contributed by atoms with Gasteiger partial charge in [-0.25, -0.2) is 4.79 Å².